The number of hydrogen-bond acceptors (Lipinski definition) is 0. The molecule has 0 heterocycles. The maximum Gasteiger partial charge on any atom is 0.139 e. The number of fused-ring (bicyclic) bond motifs is 1. The quantitative estimate of drug-likeness (QED) is 0.198. The Morgan fingerprint density at radius 1 is 0.439 bits per heavy atom. The highest BCUT2D eigenvalue weighted by atomic mass is 19.1. The van der Waals surface area contributed by atoms with Crippen molar-refractivity contribution in [3.63, 3.8) is 0 Å². The van der Waals surface area contributed by atoms with Crippen molar-refractivity contribution in [1.29, 1.82) is 0 Å². The summed E-state index contributed by atoms with van der Waals surface area (Å²) in [5.74, 6) is 5.47. The van der Waals surface area contributed by atoms with Crippen molar-refractivity contribution in [2.24, 2.45) is 0 Å². The van der Waals surface area contributed by atoms with Crippen LogP contribution in [0.2, 0.25) is 0 Å². The molecule has 6 aromatic rings. The Morgan fingerprint density at radius 3 is 1.73 bits per heavy atom. The number of aryl methyl sites for hydroxylation is 3. The molecular weight excluding hydrogens is 506 g/mol. The van der Waals surface area contributed by atoms with Gasteiger partial charge in [0.2, 0.25) is 0 Å². The van der Waals surface area contributed by atoms with Crippen molar-refractivity contribution in [2.75, 3.05) is 0 Å². The summed E-state index contributed by atoms with van der Waals surface area (Å²) in [7, 11) is 0. The predicted octanol–water partition coefficient (Wildman–Crippen LogP) is 10.4. The van der Waals surface area contributed by atoms with Crippen LogP contribution in [0.4, 0.5) is 8.78 Å². The van der Waals surface area contributed by atoms with Crippen LogP contribution in [-0.4, -0.2) is 0 Å². The highest BCUT2D eigenvalue weighted by Gasteiger charge is 2.09. The Kier molecular flexibility index (Phi) is 6.96. The summed E-state index contributed by atoms with van der Waals surface area (Å²) in [6, 6.07) is 37.3. The van der Waals surface area contributed by atoms with Gasteiger partial charge < -0.3 is 0 Å². The lowest BCUT2D eigenvalue weighted by molar-refractivity contribution is 0.623. The van der Waals surface area contributed by atoms with Gasteiger partial charge in [-0.2, -0.15) is 0 Å². The molecule has 0 atom stereocenters. The Morgan fingerprint density at radius 2 is 1.02 bits per heavy atom. The van der Waals surface area contributed by atoms with Crippen molar-refractivity contribution in [3.8, 4) is 45.2 Å². The van der Waals surface area contributed by atoms with Gasteiger partial charge >= 0.3 is 0 Å². The van der Waals surface area contributed by atoms with E-state index in [0.717, 1.165) is 44.5 Å². The minimum absolute atomic E-state index is 0.250. The van der Waals surface area contributed by atoms with E-state index >= 15 is 4.39 Å². The minimum Gasteiger partial charge on any atom is -0.206 e. The minimum atomic E-state index is -0.347. The molecule has 0 aliphatic heterocycles. The van der Waals surface area contributed by atoms with Crippen LogP contribution in [0.5, 0.6) is 0 Å². The number of hydrogen-bond donors (Lipinski definition) is 0. The molecule has 41 heavy (non-hydrogen) atoms. The molecule has 0 amide bonds. The third kappa shape index (κ3) is 5.53. The number of benzene rings is 6. The molecule has 0 aliphatic carbocycles. The summed E-state index contributed by atoms with van der Waals surface area (Å²) in [5.41, 5.74) is 9.39. The molecule has 0 aliphatic rings. The lowest BCUT2D eigenvalue weighted by Gasteiger charge is -2.09. The topological polar surface area (TPSA) is 0 Å². The number of rotatable bonds is 3. The highest BCUT2D eigenvalue weighted by Crippen LogP contribution is 2.30. The molecule has 0 spiro atoms. The van der Waals surface area contributed by atoms with E-state index in [1.54, 1.807) is 12.1 Å². The van der Waals surface area contributed by atoms with Crippen LogP contribution >= 0.6 is 0 Å². The molecule has 0 nitrogen and oxygen atoms in total. The zero-order valence-corrected chi connectivity index (χ0v) is 23.2. The van der Waals surface area contributed by atoms with Crippen LogP contribution in [0.3, 0.4) is 0 Å². The molecule has 0 radical (unpaired) electrons. The molecule has 0 fully saturated rings. The standard InChI is InChI=1S/C39H28F2/c1-25-4-9-34-23-33(17-16-32(34)20-25)29-12-14-30(15-13-29)35-22-27(3)36(39(41)24-35)19-8-28-6-10-31(11-7-28)37-18-5-26(2)21-38(37)40/h4-7,9-18,20-24H,1-3H3. The van der Waals surface area contributed by atoms with Gasteiger partial charge in [-0.15, -0.1) is 0 Å². The van der Waals surface area contributed by atoms with E-state index < -0.39 is 0 Å². The maximum atomic E-state index is 15.2. The number of halogens is 2. The third-order valence-corrected chi connectivity index (χ3v) is 7.49. The fraction of sp³-hybridized carbons (Fsp3) is 0.0769. The van der Waals surface area contributed by atoms with Crippen molar-refractivity contribution in [3.05, 3.63) is 155 Å². The summed E-state index contributed by atoms with van der Waals surface area (Å²) in [6.07, 6.45) is 0. The summed E-state index contributed by atoms with van der Waals surface area (Å²) in [5, 5.41) is 2.44. The van der Waals surface area contributed by atoms with E-state index in [2.05, 4.69) is 67.3 Å². The van der Waals surface area contributed by atoms with E-state index in [9.17, 15) is 4.39 Å². The SMILES string of the molecule is Cc1ccc(-c2ccc(C#Cc3c(C)cc(-c4ccc(-c5ccc6cc(C)ccc6c5)cc4)cc3F)cc2)c(F)c1. The molecule has 0 N–H and O–H groups in total. The molecule has 0 aromatic heterocycles. The highest BCUT2D eigenvalue weighted by molar-refractivity contribution is 5.88. The average Bonchev–Trinajstić information content (AvgIpc) is 2.97. The largest absolute Gasteiger partial charge is 0.206 e. The molecule has 6 rings (SSSR count). The summed E-state index contributed by atoms with van der Waals surface area (Å²) in [4.78, 5) is 0. The van der Waals surface area contributed by atoms with E-state index in [1.165, 1.54) is 22.4 Å². The first-order valence-corrected chi connectivity index (χ1v) is 13.6. The van der Waals surface area contributed by atoms with Gasteiger partial charge in [0.05, 0.1) is 5.56 Å². The predicted molar refractivity (Wildman–Crippen MR) is 167 cm³/mol. The van der Waals surface area contributed by atoms with Crippen molar-refractivity contribution in [1.82, 2.24) is 0 Å². The lowest BCUT2D eigenvalue weighted by Crippen LogP contribution is -1.92. The normalized spacial score (nSPS) is 10.9. The van der Waals surface area contributed by atoms with Gasteiger partial charge in [0.1, 0.15) is 11.6 Å². The average molecular weight is 535 g/mol. The molecular formula is C39H28F2. The fourth-order valence-electron chi connectivity index (χ4n) is 5.19. The van der Waals surface area contributed by atoms with Gasteiger partial charge in [-0.3, -0.25) is 0 Å². The van der Waals surface area contributed by atoms with Gasteiger partial charge in [0.15, 0.2) is 0 Å². The Hall–Kier alpha value is -5.00. The van der Waals surface area contributed by atoms with Gasteiger partial charge in [-0.05, 0) is 107 Å². The Bertz CT molecular complexity index is 1950. The van der Waals surface area contributed by atoms with Gasteiger partial charge in [0.25, 0.3) is 0 Å². The molecule has 6 aromatic carbocycles. The first-order valence-electron chi connectivity index (χ1n) is 13.6. The van der Waals surface area contributed by atoms with Crippen LogP contribution in [0.25, 0.3) is 44.2 Å². The van der Waals surface area contributed by atoms with E-state index in [0.29, 0.717) is 11.1 Å². The Labute approximate surface area is 239 Å². The second kappa shape index (κ2) is 10.9. The smallest absolute Gasteiger partial charge is 0.139 e. The van der Waals surface area contributed by atoms with Crippen molar-refractivity contribution >= 4 is 10.8 Å². The maximum absolute atomic E-state index is 15.2. The second-order valence-corrected chi connectivity index (χ2v) is 10.6. The molecule has 0 saturated heterocycles. The molecule has 0 bridgehead atoms. The summed E-state index contributed by atoms with van der Waals surface area (Å²) < 4.78 is 29.6. The third-order valence-electron chi connectivity index (χ3n) is 7.49. The van der Waals surface area contributed by atoms with E-state index in [4.69, 9.17) is 0 Å². The zero-order chi connectivity index (χ0) is 28.5. The fourth-order valence-corrected chi connectivity index (χ4v) is 5.19. The van der Waals surface area contributed by atoms with Crippen LogP contribution < -0.4 is 0 Å². The van der Waals surface area contributed by atoms with Crippen LogP contribution in [0, 0.1) is 44.2 Å². The molecule has 0 unspecified atom stereocenters. The van der Waals surface area contributed by atoms with Crippen LogP contribution in [0.15, 0.2) is 115 Å². The summed E-state index contributed by atoms with van der Waals surface area (Å²) in [6.45, 7) is 5.85. The molecule has 2 heteroatoms. The second-order valence-electron chi connectivity index (χ2n) is 10.6. The van der Waals surface area contributed by atoms with E-state index in [1.807, 2.05) is 62.4 Å². The monoisotopic (exact) mass is 534 g/mol. The van der Waals surface area contributed by atoms with Crippen LogP contribution in [-0.2, 0) is 0 Å². The van der Waals surface area contributed by atoms with Gasteiger partial charge in [-0.1, -0.05) is 96.3 Å². The molecule has 198 valence electrons. The van der Waals surface area contributed by atoms with Crippen molar-refractivity contribution in [2.45, 2.75) is 20.8 Å². The lowest BCUT2D eigenvalue weighted by atomic mass is 9.96. The van der Waals surface area contributed by atoms with Gasteiger partial charge in [-0.25, -0.2) is 8.78 Å². The zero-order valence-electron chi connectivity index (χ0n) is 23.2. The van der Waals surface area contributed by atoms with Gasteiger partial charge in [0, 0.05) is 11.1 Å². The summed E-state index contributed by atoms with van der Waals surface area (Å²) >= 11 is 0. The molecule has 0 saturated carbocycles. The Balaban J connectivity index is 1.22. The van der Waals surface area contributed by atoms with Crippen LogP contribution in [0.1, 0.15) is 27.8 Å². The van der Waals surface area contributed by atoms with E-state index in [-0.39, 0.29) is 11.6 Å². The van der Waals surface area contributed by atoms with Crippen molar-refractivity contribution < 1.29 is 8.78 Å². The first-order chi connectivity index (χ1) is 19.8. The first kappa shape index (κ1) is 26.2.